The summed E-state index contributed by atoms with van der Waals surface area (Å²) in [4.78, 5) is 23.5. The number of anilines is 2. The fourth-order valence-electron chi connectivity index (χ4n) is 4.19. The number of aromatic nitrogens is 2. The summed E-state index contributed by atoms with van der Waals surface area (Å²) in [5, 5.41) is 0.340. The van der Waals surface area contributed by atoms with Gasteiger partial charge in [0.25, 0.3) is 0 Å². The zero-order valence-corrected chi connectivity index (χ0v) is 19.0. The number of pyridine rings is 1. The highest BCUT2D eigenvalue weighted by molar-refractivity contribution is 6.11. The Morgan fingerprint density at radius 1 is 1.14 bits per heavy atom. The lowest BCUT2D eigenvalue weighted by molar-refractivity contribution is 0.0337. The van der Waals surface area contributed by atoms with Crippen molar-refractivity contribution in [2.45, 2.75) is 20.0 Å². The smallest absolute Gasteiger partial charge is 0.329 e. The predicted octanol–water partition coefficient (Wildman–Crippen LogP) is 3.66. The molecule has 2 aromatic heterocycles. The van der Waals surface area contributed by atoms with E-state index in [1.165, 1.54) is 31.4 Å². The first kappa shape index (κ1) is 15.5. The Labute approximate surface area is 212 Å². The van der Waals surface area contributed by atoms with Gasteiger partial charge in [-0.05, 0) is 13.0 Å². The average Bonchev–Trinajstić information content (AvgIpc) is 3.34. The van der Waals surface area contributed by atoms with E-state index >= 15 is 8.78 Å². The lowest BCUT2D eigenvalue weighted by atomic mass is 10.1. The summed E-state index contributed by atoms with van der Waals surface area (Å²) in [6.07, 6.45) is 1.39. The van der Waals surface area contributed by atoms with Gasteiger partial charge in [-0.2, -0.15) is 0 Å². The highest BCUT2D eigenvalue weighted by Gasteiger charge is 2.37. The summed E-state index contributed by atoms with van der Waals surface area (Å²) in [6.45, 7) is -11.9. The summed E-state index contributed by atoms with van der Waals surface area (Å²) in [6, 6.07) is 1.70. The Kier molecular flexibility index (Phi) is 4.13. The van der Waals surface area contributed by atoms with Gasteiger partial charge < -0.3 is 19.2 Å². The summed E-state index contributed by atoms with van der Waals surface area (Å²) in [7, 11) is 2.37. The summed E-state index contributed by atoms with van der Waals surface area (Å²) in [5.41, 5.74) is 0.378. The normalized spacial score (nSPS) is 25.8. The molecule has 1 saturated heterocycles. The van der Waals surface area contributed by atoms with E-state index in [1.807, 2.05) is 0 Å². The zero-order valence-electron chi connectivity index (χ0n) is 27.0. The standard InChI is InChI=1S/C24H27F2N5O4/c1-4-30-21-14(11-27-23-16(21)9-15(28-23)13-29-5-7-35-8-6-29)12-31(24(30)32)22-19(25)17(33-2)10-18(34-3)20(22)26/h9-11H,4-8,12-13H2,1-3H3,(H,27,28)/i5D2,6D2,7D2,8D2. The fraction of sp³-hybridized carbons (Fsp3) is 0.417. The van der Waals surface area contributed by atoms with Crippen molar-refractivity contribution in [2.24, 2.45) is 0 Å². The van der Waals surface area contributed by atoms with Crippen LogP contribution in [0.4, 0.5) is 25.0 Å². The number of urea groups is 1. The van der Waals surface area contributed by atoms with Crippen molar-refractivity contribution in [3.8, 4) is 11.5 Å². The quantitative estimate of drug-likeness (QED) is 0.562. The van der Waals surface area contributed by atoms with Gasteiger partial charge in [-0.3, -0.25) is 14.7 Å². The zero-order chi connectivity index (χ0) is 31.9. The van der Waals surface area contributed by atoms with E-state index in [-0.39, 0.29) is 35.9 Å². The van der Waals surface area contributed by atoms with Crippen LogP contribution in [0.2, 0.25) is 0 Å². The van der Waals surface area contributed by atoms with Crippen LogP contribution in [0, 0.1) is 11.6 Å². The van der Waals surface area contributed by atoms with Gasteiger partial charge in [-0.25, -0.2) is 18.6 Å². The number of H-pyrrole nitrogens is 1. The van der Waals surface area contributed by atoms with Crippen LogP contribution in [0.3, 0.4) is 0 Å². The predicted molar refractivity (Wildman–Crippen MR) is 126 cm³/mol. The minimum atomic E-state index is -3.21. The van der Waals surface area contributed by atoms with E-state index in [2.05, 4.69) is 14.7 Å². The largest absolute Gasteiger partial charge is 0.493 e. The highest BCUT2D eigenvalue weighted by Crippen LogP contribution is 2.42. The maximum absolute atomic E-state index is 15.3. The third-order valence-electron chi connectivity index (χ3n) is 5.75. The molecule has 1 fully saturated rings. The van der Waals surface area contributed by atoms with Crippen molar-refractivity contribution in [3.05, 3.63) is 41.2 Å². The number of nitrogens with zero attached hydrogens (tertiary/aromatic N) is 4. The van der Waals surface area contributed by atoms with Crippen molar-refractivity contribution in [1.29, 1.82) is 0 Å². The van der Waals surface area contributed by atoms with Crippen molar-refractivity contribution in [3.63, 3.8) is 0 Å². The number of carbonyl (C=O) groups is 1. The Hall–Kier alpha value is -3.44. The van der Waals surface area contributed by atoms with E-state index in [0.717, 1.165) is 11.0 Å². The first-order valence-corrected chi connectivity index (χ1v) is 10.6. The maximum atomic E-state index is 15.3. The van der Waals surface area contributed by atoms with E-state index in [0.29, 0.717) is 21.5 Å². The third-order valence-corrected chi connectivity index (χ3v) is 5.75. The third kappa shape index (κ3) is 3.94. The van der Waals surface area contributed by atoms with E-state index in [9.17, 15) is 4.79 Å². The molecule has 0 bridgehead atoms. The number of aromatic amines is 1. The van der Waals surface area contributed by atoms with E-state index in [1.54, 1.807) is 6.92 Å². The fourth-order valence-corrected chi connectivity index (χ4v) is 4.19. The Morgan fingerprint density at radius 2 is 1.83 bits per heavy atom. The molecule has 1 aromatic carbocycles. The number of halogens is 2. The molecule has 1 N–H and O–H groups in total. The second-order valence-electron chi connectivity index (χ2n) is 7.68. The molecule has 0 spiro atoms. The molecule has 2 aliphatic heterocycles. The number of benzene rings is 1. The van der Waals surface area contributed by atoms with Gasteiger partial charge >= 0.3 is 6.03 Å². The van der Waals surface area contributed by atoms with E-state index < -0.39 is 56.0 Å². The van der Waals surface area contributed by atoms with Crippen LogP contribution in [0.5, 0.6) is 11.5 Å². The average molecular weight is 496 g/mol. The summed E-state index contributed by atoms with van der Waals surface area (Å²) in [5.74, 6) is -2.90. The number of fused-ring (bicyclic) bond motifs is 3. The number of hydrogen-bond donors (Lipinski definition) is 1. The lowest BCUT2D eigenvalue weighted by Crippen LogP contribution is -2.48. The molecule has 0 unspecified atom stereocenters. The van der Waals surface area contributed by atoms with Crippen LogP contribution >= 0.6 is 0 Å². The number of ether oxygens (including phenoxy) is 3. The first-order valence-electron chi connectivity index (χ1n) is 14.6. The molecule has 9 nitrogen and oxygen atoms in total. The minimum Gasteiger partial charge on any atom is -0.493 e. The molecule has 2 aliphatic rings. The molecule has 5 rings (SSSR count). The number of morpholine rings is 1. The molecule has 0 saturated carbocycles. The molecule has 0 radical (unpaired) electrons. The Balaban J connectivity index is 1.59. The van der Waals surface area contributed by atoms with Gasteiger partial charge in [0, 0.05) is 60.5 Å². The Morgan fingerprint density at radius 3 is 2.46 bits per heavy atom. The number of hydrogen-bond acceptors (Lipinski definition) is 6. The molecule has 0 aliphatic carbocycles. The van der Waals surface area contributed by atoms with Crippen LogP contribution in [0.1, 0.15) is 29.1 Å². The van der Waals surface area contributed by atoms with Crippen molar-refractivity contribution in [1.82, 2.24) is 14.9 Å². The number of nitrogens with one attached hydrogen (secondary N) is 1. The van der Waals surface area contributed by atoms with Gasteiger partial charge in [0.15, 0.2) is 23.1 Å². The SMILES string of the molecule is [2H]C1([2H])OC([2H])([2H])C([2H])([2H])N(Cc2cc3c4c(cnc3[nH]2)CN(c2c(F)c(OC)cc(OC)c2F)C(=O)N4CC)C1([2H])[2H]. The highest BCUT2D eigenvalue weighted by atomic mass is 19.1. The molecule has 0 atom stereocenters. The molecule has 35 heavy (non-hydrogen) atoms. The summed E-state index contributed by atoms with van der Waals surface area (Å²) < 4.78 is 110. The molecule has 4 heterocycles. The molecule has 3 aromatic rings. The van der Waals surface area contributed by atoms with Crippen molar-refractivity contribution in [2.75, 3.05) is 56.7 Å². The van der Waals surface area contributed by atoms with Crippen molar-refractivity contribution >= 4 is 28.4 Å². The molecule has 2 amide bonds. The first-order chi connectivity index (χ1) is 19.9. The van der Waals surface area contributed by atoms with Crippen LogP contribution in [-0.2, 0) is 17.8 Å². The topological polar surface area (TPSA) is 83.2 Å². The van der Waals surface area contributed by atoms with Gasteiger partial charge in [0.2, 0.25) is 0 Å². The summed E-state index contributed by atoms with van der Waals surface area (Å²) >= 11 is 0. The number of carbonyl (C=O) groups excluding carboxylic acids is 1. The van der Waals surface area contributed by atoms with Crippen LogP contribution in [-0.4, -0.2) is 67.8 Å². The second-order valence-corrected chi connectivity index (χ2v) is 7.68. The number of rotatable bonds is 6. The van der Waals surface area contributed by atoms with Gasteiger partial charge in [-0.1, -0.05) is 0 Å². The van der Waals surface area contributed by atoms with Crippen molar-refractivity contribution < 1.29 is 38.8 Å². The van der Waals surface area contributed by atoms with Crippen LogP contribution in [0.25, 0.3) is 11.0 Å². The van der Waals surface area contributed by atoms with Crippen LogP contribution < -0.4 is 19.3 Å². The van der Waals surface area contributed by atoms with E-state index in [4.69, 9.17) is 20.4 Å². The van der Waals surface area contributed by atoms with Crippen LogP contribution in [0.15, 0.2) is 18.3 Å². The van der Waals surface area contributed by atoms with Gasteiger partial charge in [-0.15, -0.1) is 0 Å². The lowest BCUT2D eigenvalue weighted by Gasteiger charge is -2.37. The molecular formula is C24H27F2N5O4. The number of amides is 2. The molecular weight excluding hydrogens is 460 g/mol. The molecule has 186 valence electrons. The van der Waals surface area contributed by atoms with Gasteiger partial charge in [0.05, 0.1) is 45.1 Å². The minimum absolute atomic E-state index is 0.0568. The Bertz CT molecular complexity index is 1570. The second kappa shape index (κ2) is 9.31. The maximum Gasteiger partial charge on any atom is 0.329 e. The van der Waals surface area contributed by atoms with Gasteiger partial charge in [0.1, 0.15) is 11.3 Å². The number of methoxy groups -OCH3 is 2. The molecule has 11 heteroatoms. The monoisotopic (exact) mass is 495 g/mol.